The Morgan fingerprint density at radius 3 is 2.06 bits per heavy atom. The summed E-state index contributed by atoms with van der Waals surface area (Å²) in [6.45, 7) is 13.3. The zero-order chi connectivity index (χ0) is 13.1. The fraction of sp³-hybridized carbons (Fsp3) is 0.882. The van der Waals surface area contributed by atoms with Gasteiger partial charge in [-0.3, -0.25) is 0 Å². The van der Waals surface area contributed by atoms with Crippen molar-refractivity contribution < 1.29 is 0 Å². The van der Waals surface area contributed by atoms with Crippen molar-refractivity contribution in [1.82, 2.24) is 0 Å². The molecule has 0 saturated heterocycles. The third kappa shape index (κ3) is 9.44. The van der Waals surface area contributed by atoms with Gasteiger partial charge in [0.1, 0.15) is 0 Å². The molecule has 0 fully saturated rings. The van der Waals surface area contributed by atoms with E-state index in [4.69, 9.17) is 0 Å². The van der Waals surface area contributed by atoms with E-state index in [0.717, 1.165) is 11.8 Å². The molecule has 0 nitrogen and oxygen atoms in total. The van der Waals surface area contributed by atoms with Crippen molar-refractivity contribution in [3.05, 3.63) is 12.7 Å². The maximum Gasteiger partial charge on any atom is -0.0211 e. The van der Waals surface area contributed by atoms with Crippen molar-refractivity contribution in [2.24, 2.45) is 17.8 Å². The molecule has 0 N–H and O–H groups in total. The lowest BCUT2D eigenvalue weighted by Gasteiger charge is -2.21. The highest BCUT2D eigenvalue weighted by molar-refractivity contribution is 4.82. The topological polar surface area (TPSA) is 0 Å². The Balaban J connectivity index is 3.51. The Labute approximate surface area is 110 Å². The summed E-state index contributed by atoms with van der Waals surface area (Å²) in [5, 5.41) is 0. The van der Waals surface area contributed by atoms with Crippen LogP contribution < -0.4 is 0 Å². The number of rotatable bonds is 11. The zero-order valence-electron chi connectivity index (χ0n) is 12.7. The Morgan fingerprint density at radius 2 is 1.53 bits per heavy atom. The molecule has 0 amide bonds. The van der Waals surface area contributed by atoms with Crippen LogP contribution in [0, 0.1) is 17.8 Å². The van der Waals surface area contributed by atoms with Crippen LogP contribution in [0.5, 0.6) is 0 Å². The first-order chi connectivity index (χ1) is 8.11. The van der Waals surface area contributed by atoms with Crippen LogP contribution in [0.3, 0.4) is 0 Å². The molecule has 0 rings (SSSR count). The molecule has 0 heterocycles. The molecule has 0 spiro atoms. The van der Waals surface area contributed by atoms with Gasteiger partial charge in [0.2, 0.25) is 0 Å². The first-order valence-electron chi connectivity index (χ1n) is 7.74. The second-order valence-electron chi connectivity index (χ2n) is 6.04. The Hall–Kier alpha value is -0.260. The fourth-order valence-corrected chi connectivity index (χ4v) is 2.50. The largest absolute Gasteiger partial charge is 0.103 e. The van der Waals surface area contributed by atoms with Crippen molar-refractivity contribution in [3.63, 3.8) is 0 Å². The highest BCUT2D eigenvalue weighted by Gasteiger charge is 2.13. The predicted molar refractivity (Wildman–Crippen MR) is 80.3 cm³/mol. The van der Waals surface area contributed by atoms with Gasteiger partial charge >= 0.3 is 0 Å². The van der Waals surface area contributed by atoms with Crippen molar-refractivity contribution in [2.45, 2.75) is 79.1 Å². The van der Waals surface area contributed by atoms with E-state index in [1.165, 1.54) is 51.4 Å². The first kappa shape index (κ1) is 16.7. The summed E-state index contributed by atoms with van der Waals surface area (Å²) in [5.74, 6) is 2.33. The van der Waals surface area contributed by atoms with Crippen LogP contribution in [0.2, 0.25) is 0 Å². The molecular formula is C17H34. The van der Waals surface area contributed by atoms with Crippen LogP contribution in [-0.4, -0.2) is 0 Å². The highest BCUT2D eigenvalue weighted by Crippen LogP contribution is 2.24. The van der Waals surface area contributed by atoms with Gasteiger partial charge in [-0.2, -0.15) is 0 Å². The minimum atomic E-state index is 0.713. The number of unbranched alkanes of at least 4 members (excludes halogenated alkanes) is 5. The summed E-state index contributed by atoms with van der Waals surface area (Å²) in [6, 6.07) is 0. The summed E-state index contributed by atoms with van der Waals surface area (Å²) in [4.78, 5) is 0. The van der Waals surface area contributed by atoms with Gasteiger partial charge in [-0.05, 0) is 24.2 Å². The monoisotopic (exact) mass is 238 g/mol. The molecule has 0 bridgehead atoms. The quantitative estimate of drug-likeness (QED) is 0.296. The maximum atomic E-state index is 3.97. The SMILES string of the molecule is C=CC(CC(C)CCCCCCCC)C(C)C. The third-order valence-electron chi connectivity index (χ3n) is 3.88. The summed E-state index contributed by atoms with van der Waals surface area (Å²) in [5.41, 5.74) is 0. The van der Waals surface area contributed by atoms with Gasteiger partial charge in [0.15, 0.2) is 0 Å². The van der Waals surface area contributed by atoms with Gasteiger partial charge in [0, 0.05) is 0 Å². The van der Waals surface area contributed by atoms with Crippen molar-refractivity contribution in [1.29, 1.82) is 0 Å². The van der Waals surface area contributed by atoms with Crippen LogP contribution in [0.25, 0.3) is 0 Å². The molecule has 2 atom stereocenters. The van der Waals surface area contributed by atoms with Crippen LogP contribution in [-0.2, 0) is 0 Å². The molecule has 0 aromatic rings. The molecule has 0 radical (unpaired) electrons. The normalized spacial score (nSPS) is 14.9. The molecule has 2 unspecified atom stereocenters. The lowest BCUT2D eigenvalue weighted by molar-refractivity contribution is 0.344. The van der Waals surface area contributed by atoms with Crippen LogP contribution in [0.4, 0.5) is 0 Å². The third-order valence-corrected chi connectivity index (χ3v) is 3.88. The van der Waals surface area contributed by atoms with E-state index in [0.29, 0.717) is 5.92 Å². The minimum absolute atomic E-state index is 0.713. The molecule has 0 saturated carbocycles. The summed E-state index contributed by atoms with van der Waals surface area (Å²) < 4.78 is 0. The number of hydrogen-bond acceptors (Lipinski definition) is 0. The van der Waals surface area contributed by atoms with E-state index >= 15 is 0 Å². The van der Waals surface area contributed by atoms with E-state index < -0.39 is 0 Å². The highest BCUT2D eigenvalue weighted by atomic mass is 14.2. The molecule has 0 heteroatoms. The van der Waals surface area contributed by atoms with Crippen molar-refractivity contribution in [3.8, 4) is 0 Å². The van der Waals surface area contributed by atoms with Gasteiger partial charge in [0.05, 0.1) is 0 Å². The molecule has 102 valence electrons. The predicted octanol–water partition coefficient (Wildman–Crippen LogP) is 6.22. The smallest absolute Gasteiger partial charge is 0.0211 e. The average Bonchev–Trinajstić information content (AvgIpc) is 2.30. The maximum absolute atomic E-state index is 3.97. The molecule has 0 aliphatic carbocycles. The molecule has 0 aliphatic heterocycles. The molecule has 0 aromatic carbocycles. The molecular weight excluding hydrogens is 204 g/mol. The zero-order valence-corrected chi connectivity index (χ0v) is 12.7. The van der Waals surface area contributed by atoms with Gasteiger partial charge < -0.3 is 0 Å². The summed E-state index contributed by atoms with van der Waals surface area (Å²) in [7, 11) is 0. The van der Waals surface area contributed by atoms with E-state index in [9.17, 15) is 0 Å². The first-order valence-corrected chi connectivity index (χ1v) is 7.74. The second-order valence-corrected chi connectivity index (χ2v) is 6.04. The van der Waals surface area contributed by atoms with E-state index in [2.05, 4.69) is 40.3 Å². The Morgan fingerprint density at radius 1 is 0.941 bits per heavy atom. The van der Waals surface area contributed by atoms with E-state index in [1.54, 1.807) is 0 Å². The van der Waals surface area contributed by atoms with Crippen LogP contribution in [0.1, 0.15) is 79.1 Å². The number of allylic oxidation sites excluding steroid dienone is 1. The van der Waals surface area contributed by atoms with Crippen LogP contribution >= 0.6 is 0 Å². The summed E-state index contributed by atoms with van der Waals surface area (Å²) >= 11 is 0. The van der Waals surface area contributed by atoms with Gasteiger partial charge in [0.25, 0.3) is 0 Å². The van der Waals surface area contributed by atoms with E-state index in [1.807, 2.05) is 0 Å². The van der Waals surface area contributed by atoms with Crippen molar-refractivity contribution in [2.75, 3.05) is 0 Å². The summed E-state index contributed by atoms with van der Waals surface area (Å²) in [6.07, 6.45) is 13.4. The molecule has 0 aromatic heterocycles. The number of hydrogen-bond donors (Lipinski definition) is 0. The lowest BCUT2D eigenvalue weighted by Crippen LogP contribution is -2.10. The van der Waals surface area contributed by atoms with Gasteiger partial charge in [-0.25, -0.2) is 0 Å². The van der Waals surface area contributed by atoms with E-state index in [-0.39, 0.29) is 0 Å². The van der Waals surface area contributed by atoms with Crippen LogP contribution in [0.15, 0.2) is 12.7 Å². The van der Waals surface area contributed by atoms with Gasteiger partial charge in [-0.1, -0.05) is 78.7 Å². The average molecular weight is 238 g/mol. The second kappa shape index (κ2) is 10.9. The molecule has 17 heavy (non-hydrogen) atoms. The lowest BCUT2D eigenvalue weighted by atomic mass is 9.85. The Kier molecular flexibility index (Phi) is 10.7. The molecule has 0 aliphatic rings. The van der Waals surface area contributed by atoms with Crippen molar-refractivity contribution >= 4 is 0 Å². The fourth-order valence-electron chi connectivity index (χ4n) is 2.50. The minimum Gasteiger partial charge on any atom is -0.103 e. The Bertz CT molecular complexity index is 169. The standard InChI is InChI=1S/C17H34/c1-6-8-9-10-11-12-13-16(5)14-17(7-2)15(3)4/h7,15-17H,2,6,8-14H2,1,3-5H3. The van der Waals surface area contributed by atoms with Gasteiger partial charge in [-0.15, -0.1) is 6.58 Å².